The Balaban J connectivity index is 1.98. The van der Waals surface area contributed by atoms with Crippen molar-refractivity contribution < 1.29 is 18.0 Å². The predicted molar refractivity (Wildman–Crippen MR) is 85.8 cm³/mol. The van der Waals surface area contributed by atoms with E-state index in [0.717, 1.165) is 17.5 Å². The summed E-state index contributed by atoms with van der Waals surface area (Å²) in [6, 6.07) is 7.80. The summed E-state index contributed by atoms with van der Waals surface area (Å²) in [5.74, 6) is -0.937. The molecule has 0 aliphatic carbocycles. The standard InChI is InChI=1S/C15H12F3N5OS/c1-2-11-21-22-14(25-11)20-13(24)10-8-19-23(12(10)15(16,17)18)9-6-4-3-5-7-9/h3-8H,2H2,1H3,(H,20,22,24). The van der Waals surface area contributed by atoms with Gasteiger partial charge in [-0.3, -0.25) is 10.1 Å². The quantitative estimate of drug-likeness (QED) is 0.765. The van der Waals surface area contributed by atoms with E-state index in [9.17, 15) is 18.0 Å². The minimum Gasteiger partial charge on any atom is -0.296 e. The normalized spacial score (nSPS) is 11.5. The van der Waals surface area contributed by atoms with Crippen LogP contribution in [0.4, 0.5) is 18.3 Å². The molecular weight excluding hydrogens is 355 g/mol. The van der Waals surface area contributed by atoms with Crippen LogP contribution in [0.3, 0.4) is 0 Å². The second-order valence-electron chi connectivity index (χ2n) is 4.96. The van der Waals surface area contributed by atoms with Gasteiger partial charge >= 0.3 is 6.18 Å². The summed E-state index contributed by atoms with van der Waals surface area (Å²) in [6.45, 7) is 1.86. The molecule has 0 unspecified atom stereocenters. The SMILES string of the molecule is CCc1nnc(NC(=O)c2cnn(-c3ccccc3)c2C(F)(F)F)s1. The first-order valence-corrected chi connectivity index (χ1v) is 8.06. The lowest BCUT2D eigenvalue weighted by atomic mass is 10.2. The van der Waals surface area contributed by atoms with Gasteiger partial charge in [-0.05, 0) is 18.6 Å². The van der Waals surface area contributed by atoms with Crippen LogP contribution in [-0.4, -0.2) is 25.9 Å². The van der Waals surface area contributed by atoms with Crippen LogP contribution in [0, 0.1) is 0 Å². The van der Waals surface area contributed by atoms with Crippen molar-refractivity contribution in [3.8, 4) is 5.69 Å². The van der Waals surface area contributed by atoms with E-state index in [0.29, 0.717) is 16.1 Å². The molecule has 6 nitrogen and oxygen atoms in total. The summed E-state index contributed by atoms with van der Waals surface area (Å²) < 4.78 is 41.3. The van der Waals surface area contributed by atoms with Crippen molar-refractivity contribution in [2.75, 3.05) is 5.32 Å². The molecule has 1 N–H and O–H groups in total. The van der Waals surface area contributed by atoms with Crippen molar-refractivity contribution in [2.45, 2.75) is 19.5 Å². The zero-order valence-electron chi connectivity index (χ0n) is 12.9. The zero-order chi connectivity index (χ0) is 18.0. The van der Waals surface area contributed by atoms with E-state index in [1.165, 1.54) is 12.1 Å². The molecule has 3 rings (SSSR count). The van der Waals surface area contributed by atoms with E-state index in [4.69, 9.17) is 0 Å². The molecular formula is C15H12F3N5OS. The van der Waals surface area contributed by atoms with Gasteiger partial charge in [0.05, 0.1) is 17.4 Å². The molecule has 3 aromatic rings. The summed E-state index contributed by atoms with van der Waals surface area (Å²) in [4.78, 5) is 12.3. The number of aryl methyl sites for hydroxylation is 1. The van der Waals surface area contributed by atoms with Gasteiger partial charge in [0.15, 0.2) is 5.69 Å². The number of hydrogen-bond acceptors (Lipinski definition) is 5. The van der Waals surface area contributed by atoms with Crippen LogP contribution in [0.2, 0.25) is 0 Å². The number of benzene rings is 1. The molecule has 2 heterocycles. The third kappa shape index (κ3) is 3.53. The number of halogens is 3. The number of rotatable bonds is 4. The van der Waals surface area contributed by atoms with Crippen LogP contribution < -0.4 is 5.32 Å². The Labute approximate surface area is 144 Å². The molecule has 0 aliphatic rings. The van der Waals surface area contributed by atoms with E-state index >= 15 is 0 Å². The summed E-state index contributed by atoms with van der Waals surface area (Å²) in [5, 5.41) is 14.5. The van der Waals surface area contributed by atoms with Gasteiger partial charge in [0, 0.05) is 0 Å². The van der Waals surface area contributed by atoms with Gasteiger partial charge in [0.25, 0.3) is 5.91 Å². The Hall–Kier alpha value is -2.75. The fourth-order valence-corrected chi connectivity index (χ4v) is 2.84. The van der Waals surface area contributed by atoms with E-state index in [1.807, 2.05) is 6.92 Å². The number of carbonyl (C=O) groups is 1. The Kier molecular flexibility index (Phi) is 4.53. The van der Waals surface area contributed by atoms with Crippen LogP contribution in [0.15, 0.2) is 36.5 Å². The third-order valence-corrected chi connectivity index (χ3v) is 4.26. The highest BCUT2D eigenvalue weighted by Gasteiger charge is 2.40. The number of anilines is 1. The Morgan fingerprint density at radius 1 is 1.24 bits per heavy atom. The van der Waals surface area contributed by atoms with Crippen molar-refractivity contribution >= 4 is 22.4 Å². The Morgan fingerprint density at radius 3 is 2.56 bits per heavy atom. The lowest BCUT2D eigenvalue weighted by molar-refractivity contribution is -0.143. The van der Waals surface area contributed by atoms with Gasteiger partial charge in [-0.25, -0.2) is 4.68 Å². The lowest BCUT2D eigenvalue weighted by Crippen LogP contribution is -2.20. The highest BCUT2D eigenvalue weighted by Crippen LogP contribution is 2.34. The first kappa shape index (κ1) is 17.1. The van der Waals surface area contributed by atoms with E-state index in [1.54, 1.807) is 18.2 Å². The smallest absolute Gasteiger partial charge is 0.296 e. The van der Waals surface area contributed by atoms with E-state index in [2.05, 4.69) is 20.6 Å². The molecule has 10 heteroatoms. The van der Waals surface area contributed by atoms with Gasteiger partial charge in [-0.15, -0.1) is 10.2 Å². The predicted octanol–water partition coefficient (Wildman–Crippen LogP) is 3.56. The number of carbonyl (C=O) groups excluding carboxylic acids is 1. The molecule has 0 saturated carbocycles. The number of amides is 1. The number of nitrogens with zero attached hydrogens (tertiary/aromatic N) is 4. The lowest BCUT2D eigenvalue weighted by Gasteiger charge is -2.12. The van der Waals surface area contributed by atoms with Gasteiger partial charge in [-0.2, -0.15) is 18.3 Å². The van der Waals surface area contributed by atoms with Gasteiger partial charge in [0.1, 0.15) is 5.01 Å². The minimum atomic E-state index is -4.76. The second-order valence-corrected chi connectivity index (χ2v) is 6.02. The number of alkyl halides is 3. The first-order chi connectivity index (χ1) is 11.9. The molecule has 0 saturated heterocycles. The van der Waals surface area contributed by atoms with Crippen molar-refractivity contribution in [1.29, 1.82) is 0 Å². The minimum absolute atomic E-state index is 0.141. The Morgan fingerprint density at radius 2 is 1.96 bits per heavy atom. The van der Waals surface area contributed by atoms with Crippen molar-refractivity contribution in [3.05, 3.63) is 52.8 Å². The molecule has 0 bridgehead atoms. The van der Waals surface area contributed by atoms with Gasteiger partial charge < -0.3 is 0 Å². The summed E-state index contributed by atoms with van der Waals surface area (Å²) >= 11 is 1.11. The van der Waals surface area contributed by atoms with Crippen molar-refractivity contribution in [3.63, 3.8) is 0 Å². The maximum Gasteiger partial charge on any atom is 0.434 e. The van der Waals surface area contributed by atoms with Gasteiger partial charge in [0.2, 0.25) is 5.13 Å². The van der Waals surface area contributed by atoms with Crippen LogP contribution in [0.1, 0.15) is 28.0 Å². The molecule has 130 valence electrons. The summed E-state index contributed by atoms with van der Waals surface area (Å²) in [6.07, 6.45) is -3.24. The summed E-state index contributed by atoms with van der Waals surface area (Å²) in [7, 11) is 0. The highest BCUT2D eigenvalue weighted by atomic mass is 32.1. The van der Waals surface area contributed by atoms with Crippen LogP contribution in [0.5, 0.6) is 0 Å². The molecule has 0 spiro atoms. The fourth-order valence-electron chi connectivity index (χ4n) is 2.16. The number of aromatic nitrogens is 4. The van der Waals surface area contributed by atoms with Crippen molar-refractivity contribution in [2.24, 2.45) is 0 Å². The molecule has 1 amide bonds. The van der Waals surface area contributed by atoms with Crippen LogP contribution in [0.25, 0.3) is 5.69 Å². The largest absolute Gasteiger partial charge is 0.434 e. The average molecular weight is 367 g/mol. The summed E-state index contributed by atoms with van der Waals surface area (Å²) in [5.41, 5.74) is -1.51. The molecule has 0 fully saturated rings. The number of para-hydroxylation sites is 1. The number of nitrogens with one attached hydrogen (secondary N) is 1. The van der Waals surface area contributed by atoms with Crippen molar-refractivity contribution in [1.82, 2.24) is 20.0 Å². The van der Waals surface area contributed by atoms with E-state index in [-0.39, 0.29) is 10.8 Å². The first-order valence-electron chi connectivity index (χ1n) is 7.24. The second kappa shape index (κ2) is 6.63. The number of hydrogen-bond donors (Lipinski definition) is 1. The maximum absolute atomic E-state index is 13.5. The highest BCUT2D eigenvalue weighted by molar-refractivity contribution is 7.15. The molecule has 2 aromatic heterocycles. The fraction of sp³-hybridized carbons (Fsp3) is 0.200. The zero-order valence-corrected chi connectivity index (χ0v) is 13.7. The maximum atomic E-state index is 13.5. The average Bonchev–Trinajstić information content (AvgIpc) is 3.21. The molecule has 0 radical (unpaired) electrons. The molecule has 25 heavy (non-hydrogen) atoms. The van der Waals surface area contributed by atoms with Crippen LogP contribution in [-0.2, 0) is 12.6 Å². The van der Waals surface area contributed by atoms with Gasteiger partial charge in [-0.1, -0.05) is 36.5 Å². The van der Waals surface area contributed by atoms with E-state index < -0.39 is 23.3 Å². The Bertz CT molecular complexity index is 888. The molecule has 1 aromatic carbocycles. The van der Waals surface area contributed by atoms with Crippen LogP contribution >= 0.6 is 11.3 Å². The third-order valence-electron chi connectivity index (χ3n) is 3.27. The molecule has 0 atom stereocenters. The molecule has 0 aliphatic heterocycles. The topological polar surface area (TPSA) is 72.7 Å². The monoisotopic (exact) mass is 367 g/mol.